The van der Waals surface area contributed by atoms with E-state index >= 15 is 0 Å². The number of alkyl halides is 3. The van der Waals surface area contributed by atoms with E-state index in [1.165, 1.54) is 12.4 Å². The van der Waals surface area contributed by atoms with E-state index in [1.807, 2.05) is 0 Å². The largest absolute Gasteiger partial charge is 0.408 e. The maximum absolute atomic E-state index is 12.1. The van der Waals surface area contributed by atoms with Crippen LogP contribution in [0.5, 0.6) is 0 Å². The molecule has 1 unspecified atom stereocenters. The molecule has 0 saturated carbocycles. The summed E-state index contributed by atoms with van der Waals surface area (Å²) in [5.74, 6) is -0.0979. The maximum atomic E-state index is 12.1. The molecular formula is C7H7ClF3N3. The summed E-state index contributed by atoms with van der Waals surface area (Å²) in [6.45, 7) is 0.984. The first-order valence-electron chi connectivity index (χ1n) is 3.70. The van der Waals surface area contributed by atoms with Gasteiger partial charge in [0.05, 0.1) is 17.4 Å². The first-order chi connectivity index (χ1) is 6.39. The summed E-state index contributed by atoms with van der Waals surface area (Å²) in [5, 5.41) is 2.38. The molecule has 0 aliphatic heterocycles. The molecule has 1 aromatic rings. The van der Waals surface area contributed by atoms with Crippen molar-refractivity contribution in [3.8, 4) is 0 Å². The van der Waals surface area contributed by atoms with Crippen molar-refractivity contribution < 1.29 is 13.2 Å². The third-order valence-corrected chi connectivity index (χ3v) is 1.65. The summed E-state index contributed by atoms with van der Waals surface area (Å²) in [7, 11) is 0. The number of aromatic nitrogens is 2. The molecule has 0 saturated heterocycles. The zero-order valence-corrected chi connectivity index (χ0v) is 7.89. The van der Waals surface area contributed by atoms with Gasteiger partial charge in [0.25, 0.3) is 0 Å². The third-order valence-electron chi connectivity index (χ3n) is 1.46. The van der Waals surface area contributed by atoms with Crippen LogP contribution in [-0.2, 0) is 0 Å². The topological polar surface area (TPSA) is 37.8 Å². The molecule has 1 rings (SSSR count). The van der Waals surface area contributed by atoms with Gasteiger partial charge in [0.1, 0.15) is 6.04 Å². The van der Waals surface area contributed by atoms with Gasteiger partial charge in [-0.05, 0) is 6.92 Å². The van der Waals surface area contributed by atoms with Gasteiger partial charge in [-0.3, -0.25) is 0 Å². The number of hydrogen-bond acceptors (Lipinski definition) is 3. The molecule has 1 N–H and O–H groups in total. The van der Waals surface area contributed by atoms with Gasteiger partial charge in [0, 0.05) is 0 Å². The second kappa shape index (κ2) is 4.00. The molecule has 0 radical (unpaired) electrons. The van der Waals surface area contributed by atoms with E-state index in [9.17, 15) is 13.2 Å². The summed E-state index contributed by atoms with van der Waals surface area (Å²) < 4.78 is 36.2. The lowest BCUT2D eigenvalue weighted by atomic mass is 10.3. The fourth-order valence-corrected chi connectivity index (χ4v) is 0.760. The molecule has 0 fully saturated rings. The Hall–Kier alpha value is -1.04. The zero-order chi connectivity index (χ0) is 10.8. The van der Waals surface area contributed by atoms with E-state index in [0.717, 1.165) is 6.92 Å². The Kier molecular flexibility index (Phi) is 3.15. The van der Waals surface area contributed by atoms with Gasteiger partial charge in [-0.25, -0.2) is 9.97 Å². The Morgan fingerprint density at radius 3 is 2.29 bits per heavy atom. The van der Waals surface area contributed by atoms with Crippen molar-refractivity contribution in [1.29, 1.82) is 0 Å². The van der Waals surface area contributed by atoms with E-state index in [-0.39, 0.29) is 11.0 Å². The highest BCUT2D eigenvalue weighted by atomic mass is 35.5. The Morgan fingerprint density at radius 1 is 1.36 bits per heavy atom. The number of anilines is 1. The van der Waals surface area contributed by atoms with Gasteiger partial charge >= 0.3 is 6.18 Å². The minimum absolute atomic E-state index is 0.0979. The molecule has 1 aromatic heterocycles. The lowest BCUT2D eigenvalue weighted by molar-refractivity contribution is -0.138. The molecular weight excluding hydrogens is 219 g/mol. The van der Waals surface area contributed by atoms with Gasteiger partial charge in [-0.15, -0.1) is 0 Å². The standard InChI is InChI=1S/C7H7ClF3N3/c1-4(7(9,10)11)14-6-12-2-5(8)3-13-6/h2-4H,1H3,(H,12,13,14). The first-order valence-corrected chi connectivity index (χ1v) is 4.08. The fourth-order valence-electron chi connectivity index (χ4n) is 0.662. The van der Waals surface area contributed by atoms with Crippen molar-refractivity contribution in [3.63, 3.8) is 0 Å². The number of halogens is 4. The normalized spacial score (nSPS) is 13.8. The van der Waals surface area contributed by atoms with Crippen LogP contribution in [0.25, 0.3) is 0 Å². The number of nitrogens with zero attached hydrogens (tertiary/aromatic N) is 2. The molecule has 1 heterocycles. The zero-order valence-electron chi connectivity index (χ0n) is 7.14. The Morgan fingerprint density at radius 2 is 1.86 bits per heavy atom. The van der Waals surface area contributed by atoms with Crippen LogP contribution in [0.4, 0.5) is 19.1 Å². The predicted octanol–water partition coefficient (Wildman–Crippen LogP) is 2.49. The van der Waals surface area contributed by atoms with E-state index in [2.05, 4.69) is 15.3 Å². The Balaban J connectivity index is 2.65. The van der Waals surface area contributed by atoms with Gasteiger partial charge in [-0.2, -0.15) is 13.2 Å². The minimum Gasteiger partial charge on any atom is -0.343 e. The Labute approximate surface area is 83.3 Å². The van der Waals surface area contributed by atoms with Crippen LogP contribution < -0.4 is 5.32 Å². The summed E-state index contributed by atoms with van der Waals surface area (Å²) in [5.41, 5.74) is 0. The summed E-state index contributed by atoms with van der Waals surface area (Å²) in [4.78, 5) is 7.16. The van der Waals surface area contributed by atoms with Crippen molar-refractivity contribution >= 4 is 17.5 Å². The monoisotopic (exact) mass is 225 g/mol. The molecule has 0 bridgehead atoms. The average molecular weight is 226 g/mol. The molecule has 7 heteroatoms. The smallest absolute Gasteiger partial charge is 0.343 e. The SMILES string of the molecule is CC(Nc1ncc(Cl)cn1)C(F)(F)F. The molecule has 0 aromatic carbocycles. The molecule has 0 aliphatic carbocycles. The van der Waals surface area contributed by atoms with Gasteiger partial charge in [0.2, 0.25) is 5.95 Å². The molecule has 14 heavy (non-hydrogen) atoms. The molecule has 1 atom stereocenters. The minimum atomic E-state index is -4.32. The van der Waals surface area contributed by atoms with Gasteiger partial charge in [0.15, 0.2) is 0 Å². The van der Waals surface area contributed by atoms with Crippen LogP contribution in [0, 0.1) is 0 Å². The number of rotatable bonds is 2. The van der Waals surface area contributed by atoms with Crippen LogP contribution >= 0.6 is 11.6 Å². The first kappa shape index (κ1) is 11.0. The van der Waals surface area contributed by atoms with Crippen LogP contribution in [0.15, 0.2) is 12.4 Å². The van der Waals surface area contributed by atoms with Crippen LogP contribution in [0.1, 0.15) is 6.92 Å². The van der Waals surface area contributed by atoms with Crippen molar-refractivity contribution in [2.24, 2.45) is 0 Å². The van der Waals surface area contributed by atoms with Crippen LogP contribution in [0.2, 0.25) is 5.02 Å². The summed E-state index contributed by atoms with van der Waals surface area (Å²) in [6.07, 6.45) is -1.87. The molecule has 0 amide bonds. The summed E-state index contributed by atoms with van der Waals surface area (Å²) >= 11 is 5.46. The highest BCUT2D eigenvalue weighted by Crippen LogP contribution is 2.21. The van der Waals surface area contributed by atoms with Crippen molar-refractivity contribution in [1.82, 2.24) is 9.97 Å². The number of hydrogen-bond donors (Lipinski definition) is 1. The molecule has 78 valence electrons. The Bertz CT molecular complexity index is 298. The highest BCUT2D eigenvalue weighted by Gasteiger charge is 2.36. The van der Waals surface area contributed by atoms with Gasteiger partial charge in [-0.1, -0.05) is 11.6 Å². The van der Waals surface area contributed by atoms with Crippen LogP contribution in [0.3, 0.4) is 0 Å². The lowest BCUT2D eigenvalue weighted by Crippen LogP contribution is -2.33. The predicted molar refractivity (Wildman–Crippen MR) is 46.2 cm³/mol. The lowest BCUT2D eigenvalue weighted by Gasteiger charge is -2.16. The average Bonchev–Trinajstić information content (AvgIpc) is 2.07. The maximum Gasteiger partial charge on any atom is 0.408 e. The molecule has 3 nitrogen and oxygen atoms in total. The second-order valence-electron chi connectivity index (χ2n) is 2.63. The highest BCUT2D eigenvalue weighted by molar-refractivity contribution is 6.30. The van der Waals surface area contributed by atoms with Crippen molar-refractivity contribution in [3.05, 3.63) is 17.4 Å². The van der Waals surface area contributed by atoms with E-state index in [4.69, 9.17) is 11.6 Å². The third kappa shape index (κ3) is 3.02. The number of nitrogens with one attached hydrogen (secondary N) is 1. The van der Waals surface area contributed by atoms with Crippen molar-refractivity contribution in [2.45, 2.75) is 19.1 Å². The molecule has 0 spiro atoms. The summed E-state index contributed by atoms with van der Waals surface area (Å²) in [6, 6.07) is -1.69. The van der Waals surface area contributed by atoms with Crippen LogP contribution in [-0.4, -0.2) is 22.2 Å². The van der Waals surface area contributed by atoms with E-state index < -0.39 is 12.2 Å². The molecule has 0 aliphatic rings. The van der Waals surface area contributed by atoms with E-state index in [0.29, 0.717) is 0 Å². The van der Waals surface area contributed by atoms with Gasteiger partial charge < -0.3 is 5.32 Å². The van der Waals surface area contributed by atoms with E-state index in [1.54, 1.807) is 0 Å². The fraction of sp³-hybridized carbons (Fsp3) is 0.429. The second-order valence-corrected chi connectivity index (χ2v) is 3.07. The quantitative estimate of drug-likeness (QED) is 0.840. The van der Waals surface area contributed by atoms with Crippen molar-refractivity contribution in [2.75, 3.05) is 5.32 Å².